The summed E-state index contributed by atoms with van der Waals surface area (Å²) in [4.78, 5) is 14.5. The molecule has 1 aliphatic carbocycles. The van der Waals surface area contributed by atoms with Gasteiger partial charge in [0.1, 0.15) is 0 Å². The highest BCUT2D eigenvalue weighted by molar-refractivity contribution is 6.00. The molecule has 0 unspecified atom stereocenters. The Kier molecular flexibility index (Phi) is 4.43. The molecule has 1 spiro atoms. The molecule has 0 aromatic heterocycles. The van der Waals surface area contributed by atoms with Crippen LogP contribution in [0, 0.1) is 5.41 Å². The van der Waals surface area contributed by atoms with Crippen molar-refractivity contribution >= 4 is 11.6 Å². The van der Waals surface area contributed by atoms with Crippen molar-refractivity contribution in [1.29, 1.82) is 0 Å². The summed E-state index contributed by atoms with van der Waals surface area (Å²) in [6, 6.07) is 4.74. The van der Waals surface area contributed by atoms with Crippen molar-refractivity contribution in [1.82, 2.24) is 0 Å². The van der Waals surface area contributed by atoms with Crippen molar-refractivity contribution in [2.24, 2.45) is 5.41 Å². The third-order valence-corrected chi connectivity index (χ3v) is 5.68. The lowest BCUT2D eigenvalue weighted by Gasteiger charge is -2.40. The number of rotatable bonds is 3. The number of amides is 1. The van der Waals surface area contributed by atoms with E-state index in [9.17, 15) is 23.1 Å². The number of anilines is 1. The zero-order valence-corrected chi connectivity index (χ0v) is 14.0. The van der Waals surface area contributed by atoms with Gasteiger partial charge in [-0.2, -0.15) is 13.2 Å². The van der Waals surface area contributed by atoms with Gasteiger partial charge in [-0.15, -0.1) is 6.58 Å². The smallest absolute Gasteiger partial charge is 0.390 e. The monoisotopic (exact) mass is 353 g/mol. The summed E-state index contributed by atoms with van der Waals surface area (Å²) in [5, 5.41) is 10.5. The summed E-state index contributed by atoms with van der Waals surface area (Å²) < 4.78 is 38.1. The van der Waals surface area contributed by atoms with Crippen LogP contribution in [0.15, 0.2) is 36.9 Å². The van der Waals surface area contributed by atoms with Crippen LogP contribution in [0.4, 0.5) is 18.9 Å². The van der Waals surface area contributed by atoms with Gasteiger partial charge in [0.05, 0.1) is 16.6 Å². The van der Waals surface area contributed by atoms with Crippen molar-refractivity contribution in [3.05, 3.63) is 42.5 Å². The van der Waals surface area contributed by atoms with Gasteiger partial charge >= 0.3 is 6.18 Å². The zero-order valence-electron chi connectivity index (χ0n) is 14.0. The van der Waals surface area contributed by atoms with E-state index in [1.165, 1.54) is 12.1 Å². The minimum atomic E-state index is -4.38. The van der Waals surface area contributed by atoms with E-state index in [1.807, 2.05) is 0 Å². The largest absolute Gasteiger partial charge is 0.416 e. The summed E-state index contributed by atoms with van der Waals surface area (Å²) >= 11 is 0. The van der Waals surface area contributed by atoms with Crippen LogP contribution in [-0.2, 0) is 11.0 Å². The van der Waals surface area contributed by atoms with Gasteiger partial charge < -0.3 is 10.0 Å². The fourth-order valence-electron chi connectivity index (χ4n) is 4.03. The first kappa shape index (κ1) is 18.0. The third-order valence-electron chi connectivity index (χ3n) is 5.68. The minimum Gasteiger partial charge on any atom is -0.390 e. The number of aliphatic hydroxyl groups is 1. The predicted octanol–water partition coefficient (Wildman–Crippen LogP) is 4.31. The molecule has 0 radical (unpaired) electrons. The van der Waals surface area contributed by atoms with E-state index in [2.05, 4.69) is 6.58 Å². The molecule has 2 fully saturated rings. The number of halogens is 3. The first-order chi connectivity index (χ1) is 11.7. The molecule has 1 aromatic carbocycles. The normalized spacial score (nSPS) is 30.1. The summed E-state index contributed by atoms with van der Waals surface area (Å²) in [5.74, 6) is -0.0343. The SMILES string of the molecule is C=CC[C@]1(O)CC[C@@]2(CCN(c3ccc(C(F)(F)F)cc3)C2=O)CC1. The molecule has 0 bridgehead atoms. The maximum Gasteiger partial charge on any atom is 0.416 e. The average molecular weight is 353 g/mol. The quantitative estimate of drug-likeness (QED) is 0.823. The Morgan fingerprint density at radius 3 is 2.24 bits per heavy atom. The lowest BCUT2D eigenvalue weighted by atomic mass is 9.67. The molecule has 2 aliphatic rings. The van der Waals surface area contributed by atoms with Gasteiger partial charge in [0.2, 0.25) is 5.91 Å². The number of carbonyl (C=O) groups excluding carboxylic acids is 1. The van der Waals surface area contributed by atoms with Gasteiger partial charge in [-0.3, -0.25) is 4.79 Å². The molecule has 25 heavy (non-hydrogen) atoms. The number of alkyl halides is 3. The zero-order chi connectivity index (χ0) is 18.3. The first-order valence-corrected chi connectivity index (χ1v) is 8.52. The van der Waals surface area contributed by atoms with Crippen LogP contribution in [0.3, 0.4) is 0 Å². The molecule has 3 nitrogen and oxygen atoms in total. The molecule has 136 valence electrons. The van der Waals surface area contributed by atoms with Gasteiger partial charge in [0.15, 0.2) is 0 Å². The van der Waals surface area contributed by atoms with Crippen LogP contribution in [0.5, 0.6) is 0 Å². The van der Waals surface area contributed by atoms with E-state index in [-0.39, 0.29) is 5.91 Å². The molecule has 1 saturated heterocycles. The molecular formula is C19H22F3NO2. The standard InChI is InChI=1S/C19H22F3NO2/c1-2-7-18(25)10-8-17(9-11-18)12-13-23(16(17)24)15-5-3-14(4-6-15)19(20,21)22/h2-6,25H,1,7-13H2/t17-,18-. The second-order valence-corrected chi connectivity index (χ2v) is 7.25. The molecule has 1 amide bonds. The average Bonchev–Trinajstić information content (AvgIpc) is 2.87. The Bertz CT molecular complexity index is 658. The topological polar surface area (TPSA) is 40.5 Å². The fourth-order valence-corrected chi connectivity index (χ4v) is 4.03. The van der Waals surface area contributed by atoms with Gasteiger partial charge in [0, 0.05) is 12.2 Å². The van der Waals surface area contributed by atoms with Crippen LogP contribution in [0.25, 0.3) is 0 Å². The molecule has 1 aliphatic heterocycles. The van der Waals surface area contributed by atoms with Crippen molar-refractivity contribution in [3.63, 3.8) is 0 Å². The molecule has 3 rings (SSSR count). The second-order valence-electron chi connectivity index (χ2n) is 7.25. The van der Waals surface area contributed by atoms with Gasteiger partial charge in [0.25, 0.3) is 0 Å². The lowest BCUT2D eigenvalue weighted by molar-refractivity contribution is -0.137. The van der Waals surface area contributed by atoms with Gasteiger partial charge in [-0.1, -0.05) is 6.08 Å². The summed E-state index contributed by atoms with van der Waals surface area (Å²) in [6.45, 7) is 4.17. The van der Waals surface area contributed by atoms with Gasteiger partial charge in [-0.25, -0.2) is 0 Å². The number of carbonyl (C=O) groups is 1. The molecule has 1 heterocycles. The lowest BCUT2D eigenvalue weighted by Crippen LogP contribution is -2.43. The molecular weight excluding hydrogens is 331 g/mol. The van der Waals surface area contributed by atoms with Gasteiger partial charge in [-0.05, 0) is 62.8 Å². The molecule has 1 saturated carbocycles. The number of hydrogen-bond donors (Lipinski definition) is 1. The van der Waals surface area contributed by atoms with E-state index >= 15 is 0 Å². The third kappa shape index (κ3) is 3.32. The van der Waals surface area contributed by atoms with Crippen molar-refractivity contribution < 1.29 is 23.1 Å². The van der Waals surface area contributed by atoms with Crippen molar-refractivity contribution in [2.45, 2.75) is 50.3 Å². The first-order valence-electron chi connectivity index (χ1n) is 8.52. The molecule has 1 N–H and O–H groups in total. The Morgan fingerprint density at radius 1 is 1.12 bits per heavy atom. The number of hydrogen-bond acceptors (Lipinski definition) is 2. The van der Waals surface area contributed by atoms with Crippen LogP contribution in [0.1, 0.15) is 44.1 Å². The maximum atomic E-state index is 12.9. The van der Waals surface area contributed by atoms with E-state index in [0.717, 1.165) is 12.1 Å². The summed E-state index contributed by atoms with van der Waals surface area (Å²) in [6.07, 6.45) is 0.811. The van der Waals surface area contributed by atoms with Crippen molar-refractivity contribution in [3.8, 4) is 0 Å². The second kappa shape index (κ2) is 6.16. The Balaban J connectivity index is 1.73. The highest BCUT2D eigenvalue weighted by Crippen LogP contribution is 2.49. The minimum absolute atomic E-state index is 0.0343. The Labute approximate surface area is 145 Å². The highest BCUT2D eigenvalue weighted by Gasteiger charge is 2.51. The number of benzene rings is 1. The Morgan fingerprint density at radius 2 is 1.72 bits per heavy atom. The van der Waals surface area contributed by atoms with Crippen LogP contribution < -0.4 is 4.90 Å². The van der Waals surface area contributed by atoms with E-state index in [0.29, 0.717) is 50.8 Å². The fraction of sp³-hybridized carbons (Fsp3) is 0.526. The highest BCUT2D eigenvalue weighted by atomic mass is 19.4. The maximum absolute atomic E-state index is 12.9. The van der Waals surface area contributed by atoms with Crippen LogP contribution >= 0.6 is 0 Å². The molecule has 6 heteroatoms. The summed E-state index contributed by atoms with van der Waals surface area (Å²) in [7, 11) is 0. The predicted molar refractivity (Wildman–Crippen MR) is 89.1 cm³/mol. The van der Waals surface area contributed by atoms with E-state index < -0.39 is 22.8 Å². The van der Waals surface area contributed by atoms with Crippen LogP contribution in [-0.4, -0.2) is 23.2 Å². The van der Waals surface area contributed by atoms with Crippen molar-refractivity contribution in [2.75, 3.05) is 11.4 Å². The summed E-state index contributed by atoms with van der Waals surface area (Å²) in [5.41, 5.74) is -1.49. The number of nitrogens with zero attached hydrogens (tertiary/aromatic N) is 1. The molecule has 1 aromatic rings. The van der Waals surface area contributed by atoms with E-state index in [1.54, 1.807) is 11.0 Å². The Hall–Kier alpha value is -1.82. The van der Waals surface area contributed by atoms with E-state index in [4.69, 9.17) is 0 Å². The van der Waals surface area contributed by atoms with Crippen LogP contribution in [0.2, 0.25) is 0 Å². The molecule has 0 atom stereocenters.